The molecule has 0 aromatic carbocycles. The van der Waals surface area contributed by atoms with Gasteiger partial charge in [0.25, 0.3) is 5.91 Å². The SMILES string of the molecule is C=CCOc1cccnc1C(=O)NCCCCn1ccnc1. The zero-order valence-corrected chi connectivity index (χ0v) is 12.4. The molecule has 22 heavy (non-hydrogen) atoms. The van der Waals surface area contributed by atoms with E-state index in [4.69, 9.17) is 4.74 Å². The van der Waals surface area contributed by atoms with Crippen LogP contribution in [0.15, 0.2) is 49.7 Å². The van der Waals surface area contributed by atoms with E-state index in [1.807, 2.05) is 10.8 Å². The van der Waals surface area contributed by atoms with E-state index in [2.05, 4.69) is 21.9 Å². The van der Waals surface area contributed by atoms with Crippen molar-refractivity contribution in [2.45, 2.75) is 19.4 Å². The third-order valence-electron chi connectivity index (χ3n) is 3.03. The molecule has 0 aliphatic heterocycles. The third-order valence-corrected chi connectivity index (χ3v) is 3.03. The van der Waals surface area contributed by atoms with Crippen LogP contribution < -0.4 is 10.1 Å². The molecular formula is C16H20N4O2. The van der Waals surface area contributed by atoms with Crippen LogP contribution in [0.2, 0.25) is 0 Å². The quantitative estimate of drug-likeness (QED) is 0.568. The first-order valence-electron chi connectivity index (χ1n) is 7.24. The van der Waals surface area contributed by atoms with E-state index in [1.54, 1.807) is 36.9 Å². The number of imidazole rings is 1. The summed E-state index contributed by atoms with van der Waals surface area (Å²) in [6.07, 6.45) is 10.5. The molecule has 2 aromatic rings. The number of nitrogens with one attached hydrogen (secondary N) is 1. The maximum atomic E-state index is 12.1. The highest BCUT2D eigenvalue weighted by molar-refractivity contribution is 5.94. The number of carbonyl (C=O) groups is 1. The number of aryl methyl sites for hydroxylation is 1. The average Bonchev–Trinajstić information content (AvgIpc) is 3.06. The fourth-order valence-electron chi connectivity index (χ4n) is 1.95. The molecule has 0 saturated carbocycles. The number of nitrogens with zero attached hydrogens (tertiary/aromatic N) is 3. The number of hydrogen-bond acceptors (Lipinski definition) is 4. The predicted octanol–water partition coefficient (Wildman–Crippen LogP) is 2.05. The van der Waals surface area contributed by atoms with E-state index in [0.717, 1.165) is 19.4 Å². The normalized spacial score (nSPS) is 10.2. The standard InChI is InChI=1S/C16H20N4O2/c1-2-12-22-14-6-5-8-18-15(14)16(21)19-7-3-4-10-20-11-9-17-13-20/h2,5-6,8-9,11,13H,1,3-4,7,10,12H2,(H,19,21). The summed E-state index contributed by atoms with van der Waals surface area (Å²) in [6.45, 7) is 5.43. The van der Waals surface area contributed by atoms with Crippen molar-refractivity contribution in [1.82, 2.24) is 19.9 Å². The Morgan fingerprint density at radius 3 is 3.09 bits per heavy atom. The minimum absolute atomic E-state index is 0.220. The van der Waals surface area contributed by atoms with Crippen LogP contribution in [0.5, 0.6) is 5.75 Å². The number of rotatable bonds is 9. The highest BCUT2D eigenvalue weighted by Gasteiger charge is 2.12. The molecule has 0 bridgehead atoms. The second-order valence-electron chi connectivity index (χ2n) is 4.71. The zero-order valence-electron chi connectivity index (χ0n) is 12.4. The molecule has 2 rings (SSSR count). The molecule has 1 N–H and O–H groups in total. The van der Waals surface area contributed by atoms with E-state index in [-0.39, 0.29) is 5.91 Å². The molecule has 0 atom stereocenters. The van der Waals surface area contributed by atoms with Crippen molar-refractivity contribution >= 4 is 5.91 Å². The van der Waals surface area contributed by atoms with Gasteiger partial charge in [-0.15, -0.1) is 0 Å². The van der Waals surface area contributed by atoms with Crippen LogP contribution in [0.3, 0.4) is 0 Å². The van der Waals surface area contributed by atoms with Gasteiger partial charge in [-0.1, -0.05) is 12.7 Å². The lowest BCUT2D eigenvalue weighted by Crippen LogP contribution is -2.26. The topological polar surface area (TPSA) is 69.0 Å². The van der Waals surface area contributed by atoms with Crippen LogP contribution in [-0.2, 0) is 6.54 Å². The van der Waals surface area contributed by atoms with Gasteiger partial charge in [0.05, 0.1) is 6.33 Å². The Labute approximate surface area is 129 Å². The van der Waals surface area contributed by atoms with Gasteiger partial charge in [-0.2, -0.15) is 0 Å². The first-order chi connectivity index (χ1) is 10.8. The van der Waals surface area contributed by atoms with E-state index in [9.17, 15) is 4.79 Å². The highest BCUT2D eigenvalue weighted by Crippen LogP contribution is 2.15. The molecule has 0 spiro atoms. The number of ether oxygens (including phenoxy) is 1. The molecule has 6 nitrogen and oxygen atoms in total. The predicted molar refractivity (Wildman–Crippen MR) is 83.7 cm³/mol. The smallest absolute Gasteiger partial charge is 0.273 e. The van der Waals surface area contributed by atoms with Crippen LogP contribution in [0.1, 0.15) is 23.3 Å². The summed E-state index contributed by atoms with van der Waals surface area (Å²) in [5.41, 5.74) is 0.305. The van der Waals surface area contributed by atoms with Crippen LogP contribution in [0, 0.1) is 0 Å². The molecule has 6 heteroatoms. The lowest BCUT2D eigenvalue weighted by Gasteiger charge is -2.09. The molecule has 1 amide bonds. The molecule has 0 saturated heterocycles. The Hall–Kier alpha value is -2.63. The molecule has 0 unspecified atom stereocenters. The maximum absolute atomic E-state index is 12.1. The molecule has 2 heterocycles. The Kier molecular flexibility index (Phi) is 6.17. The highest BCUT2D eigenvalue weighted by atomic mass is 16.5. The Balaban J connectivity index is 1.75. The number of pyridine rings is 1. The van der Waals surface area contributed by atoms with Crippen molar-refractivity contribution in [3.63, 3.8) is 0 Å². The summed E-state index contributed by atoms with van der Waals surface area (Å²) in [4.78, 5) is 20.2. The van der Waals surface area contributed by atoms with Crippen molar-refractivity contribution in [3.05, 3.63) is 55.4 Å². The largest absolute Gasteiger partial charge is 0.487 e. The van der Waals surface area contributed by atoms with Gasteiger partial charge in [-0.05, 0) is 25.0 Å². The van der Waals surface area contributed by atoms with Gasteiger partial charge >= 0.3 is 0 Å². The molecule has 0 aliphatic rings. The van der Waals surface area contributed by atoms with Crippen molar-refractivity contribution in [2.75, 3.05) is 13.2 Å². The minimum Gasteiger partial charge on any atom is -0.487 e. The van der Waals surface area contributed by atoms with Gasteiger partial charge in [0.1, 0.15) is 6.61 Å². The van der Waals surface area contributed by atoms with E-state index in [1.165, 1.54) is 0 Å². The summed E-state index contributed by atoms with van der Waals surface area (Å²) in [5.74, 6) is 0.251. The van der Waals surface area contributed by atoms with Gasteiger partial charge in [-0.25, -0.2) is 9.97 Å². The second-order valence-corrected chi connectivity index (χ2v) is 4.71. The fourth-order valence-corrected chi connectivity index (χ4v) is 1.95. The summed E-state index contributed by atoms with van der Waals surface area (Å²) >= 11 is 0. The van der Waals surface area contributed by atoms with Gasteiger partial charge in [-0.3, -0.25) is 4.79 Å². The average molecular weight is 300 g/mol. The summed E-state index contributed by atoms with van der Waals surface area (Å²) < 4.78 is 7.45. The minimum atomic E-state index is -0.220. The molecule has 0 aliphatic carbocycles. The molecular weight excluding hydrogens is 280 g/mol. The molecule has 116 valence electrons. The summed E-state index contributed by atoms with van der Waals surface area (Å²) in [7, 11) is 0. The first kappa shape index (κ1) is 15.8. The van der Waals surface area contributed by atoms with E-state index >= 15 is 0 Å². The summed E-state index contributed by atoms with van der Waals surface area (Å²) in [5, 5.41) is 2.86. The number of amides is 1. The second kappa shape index (κ2) is 8.61. The van der Waals surface area contributed by atoms with Gasteiger partial charge < -0.3 is 14.6 Å². The van der Waals surface area contributed by atoms with E-state index < -0.39 is 0 Å². The number of unbranched alkanes of at least 4 members (excludes halogenated alkanes) is 1. The van der Waals surface area contributed by atoms with Crippen LogP contribution in [0.4, 0.5) is 0 Å². The van der Waals surface area contributed by atoms with Crippen LogP contribution >= 0.6 is 0 Å². The number of hydrogen-bond donors (Lipinski definition) is 1. The van der Waals surface area contributed by atoms with E-state index in [0.29, 0.717) is 24.6 Å². The molecule has 0 radical (unpaired) electrons. The fraction of sp³-hybridized carbons (Fsp3) is 0.312. The van der Waals surface area contributed by atoms with Crippen molar-refractivity contribution in [2.24, 2.45) is 0 Å². The lowest BCUT2D eigenvalue weighted by molar-refractivity contribution is 0.0944. The van der Waals surface area contributed by atoms with Gasteiger partial charge in [0.15, 0.2) is 11.4 Å². The number of aromatic nitrogens is 3. The zero-order chi connectivity index (χ0) is 15.6. The Morgan fingerprint density at radius 1 is 1.41 bits per heavy atom. The van der Waals surface area contributed by atoms with Crippen LogP contribution in [0.25, 0.3) is 0 Å². The van der Waals surface area contributed by atoms with Gasteiger partial charge in [0.2, 0.25) is 0 Å². The third kappa shape index (κ3) is 4.73. The Bertz CT molecular complexity index is 596. The monoisotopic (exact) mass is 300 g/mol. The lowest BCUT2D eigenvalue weighted by atomic mass is 10.2. The Morgan fingerprint density at radius 2 is 2.32 bits per heavy atom. The number of carbonyl (C=O) groups excluding carboxylic acids is 1. The maximum Gasteiger partial charge on any atom is 0.273 e. The van der Waals surface area contributed by atoms with Crippen molar-refractivity contribution < 1.29 is 9.53 Å². The van der Waals surface area contributed by atoms with Gasteiger partial charge in [0, 0.05) is 31.7 Å². The first-order valence-corrected chi connectivity index (χ1v) is 7.24. The molecule has 2 aromatic heterocycles. The van der Waals surface area contributed by atoms with Crippen molar-refractivity contribution in [3.8, 4) is 5.75 Å². The molecule has 0 fully saturated rings. The van der Waals surface area contributed by atoms with Crippen LogP contribution in [-0.4, -0.2) is 33.6 Å². The summed E-state index contributed by atoms with van der Waals surface area (Å²) in [6, 6.07) is 3.46. The van der Waals surface area contributed by atoms with Crippen molar-refractivity contribution in [1.29, 1.82) is 0 Å².